The van der Waals surface area contributed by atoms with Crippen molar-refractivity contribution in [3.63, 3.8) is 0 Å². The number of benzene rings is 1. The Morgan fingerprint density at radius 2 is 2.17 bits per heavy atom. The summed E-state index contributed by atoms with van der Waals surface area (Å²) in [5.41, 5.74) is 5.55. The first kappa shape index (κ1) is 12.6. The van der Waals surface area contributed by atoms with Crippen LogP contribution in [-0.2, 0) is 12.1 Å². The van der Waals surface area contributed by atoms with Gasteiger partial charge in [0.05, 0.1) is 12.1 Å². The molecule has 0 saturated heterocycles. The van der Waals surface area contributed by atoms with E-state index < -0.39 is 17.2 Å². The van der Waals surface area contributed by atoms with Crippen molar-refractivity contribution in [2.24, 2.45) is 5.73 Å². The van der Waals surface area contributed by atoms with Crippen molar-refractivity contribution in [2.45, 2.75) is 25.4 Å². The van der Waals surface area contributed by atoms with Crippen LogP contribution in [0.5, 0.6) is 0 Å². The van der Waals surface area contributed by atoms with Crippen LogP contribution in [0.1, 0.15) is 18.9 Å². The Morgan fingerprint density at radius 1 is 1.39 bits per heavy atom. The fraction of sp³-hybridized carbons (Fsp3) is 0.333. The SMILES string of the molecule is CC[C@](N)(Cn1cncn1)c1ccc(F)cc1F. The predicted molar refractivity (Wildman–Crippen MR) is 62.5 cm³/mol. The highest BCUT2D eigenvalue weighted by molar-refractivity contribution is 5.26. The van der Waals surface area contributed by atoms with Gasteiger partial charge in [0, 0.05) is 11.6 Å². The zero-order valence-corrected chi connectivity index (χ0v) is 9.98. The molecule has 0 aliphatic heterocycles. The Kier molecular flexibility index (Phi) is 3.38. The summed E-state index contributed by atoms with van der Waals surface area (Å²) in [4.78, 5) is 3.81. The Morgan fingerprint density at radius 3 is 2.72 bits per heavy atom. The molecule has 0 unspecified atom stereocenters. The second-order valence-electron chi connectivity index (χ2n) is 4.23. The van der Waals surface area contributed by atoms with Gasteiger partial charge in [0.15, 0.2) is 0 Å². The zero-order chi connectivity index (χ0) is 13.2. The molecule has 0 saturated carbocycles. The highest BCUT2D eigenvalue weighted by Gasteiger charge is 2.29. The van der Waals surface area contributed by atoms with Gasteiger partial charge in [-0.05, 0) is 12.5 Å². The first-order valence-electron chi connectivity index (χ1n) is 5.62. The largest absolute Gasteiger partial charge is 0.320 e. The van der Waals surface area contributed by atoms with Crippen LogP contribution in [0.2, 0.25) is 0 Å². The van der Waals surface area contributed by atoms with E-state index in [9.17, 15) is 8.78 Å². The van der Waals surface area contributed by atoms with Crippen molar-refractivity contribution in [2.75, 3.05) is 0 Å². The van der Waals surface area contributed by atoms with E-state index >= 15 is 0 Å². The second kappa shape index (κ2) is 4.81. The summed E-state index contributed by atoms with van der Waals surface area (Å²) < 4.78 is 28.2. The van der Waals surface area contributed by atoms with E-state index in [-0.39, 0.29) is 12.1 Å². The zero-order valence-electron chi connectivity index (χ0n) is 9.98. The average Bonchev–Trinajstić information content (AvgIpc) is 2.81. The van der Waals surface area contributed by atoms with E-state index in [0.29, 0.717) is 6.42 Å². The molecule has 0 aliphatic rings. The Balaban J connectivity index is 2.36. The molecule has 0 spiro atoms. The molecule has 18 heavy (non-hydrogen) atoms. The minimum Gasteiger partial charge on any atom is -0.320 e. The molecule has 1 aromatic heterocycles. The summed E-state index contributed by atoms with van der Waals surface area (Å²) in [5.74, 6) is -1.25. The van der Waals surface area contributed by atoms with Crippen LogP contribution in [0, 0.1) is 11.6 Å². The number of hydrogen-bond acceptors (Lipinski definition) is 3. The molecule has 0 bridgehead atoms. The molecule has 6 heteroatoms. The highest BCUT2D eigenvalue weighted by Crippen LogP contribution is 2.26. The number of nitrogens with two attached hydrogens (primary N) is 1. The summed E-state index contributed by atoms with van der Waals surface area (Å²) in [6, 6.07) is 3.43. The summed E-state index contributed by atoms with van der Waals surface area (Å²) in [7, 11) is 0. The van der Waals surface area contributed by atoms with Crippen molar-refractivity contribution >= 4 is 0 Å². The third-order valence-electron chi connectivity index (χ3n) is 3.01. The standard InChI is InChI=1S/C12H14F2N4/c1-2-12(15,6-18-8-16-7-17-18)10-4-3-9(13)5-11(10)14/h3-5,7-8H,2,6,15H2,1H3/t12-/m0/s1. The van der Waals surface area contributed by atoms with E-state index in [4.69, 9.17) is 5.73 Å². The minimum atomic E-state index is -0.939. The van der Waals surface area contributed by atoms with E-state index in [0.717, 1.165) is 6.07 Å². The lowest BCUT2D eigenvalue weighted by molar-refractivity contribution is 0.330. The van der Waals surface area contributed by atoms with Gasteiger partial charge < -0.3 is 5.73 Å². The lowest BCUT2D eigenvalue weighted by Crippen LogP contribution is -2.41. The van der Waals surface area contributed by atoms with Crippen molar-refractivity contribution in [1.82, 2.24) is 14.8 Å². The lowest BCUT2D eigenvalue weighted by Gasteiger charge is -2.28. The Labute approximate surface area is 103 Å². The predicted octanol–water partition coefficient (Wildman–Crippen LogP) is 1.82. The molecule has 0 fully saturated rings. The van der Waals surface area contributed by atoms with Gasteiger partial charge in [0.1, 0.15) is 24.3 Å². The van der Waals surface area contributed by atoms with E-state index in [2.05, 4.69) is 10.1 Å². The number of rotatable bonds is 4. The molecule has 1 heterocycles. The molecular weight excluding hydrogens is 238 g/mol. The average molecular weight is 252 g/mol. The molecule has 2 rings (SSSR count). The van der Waals surface area contributed by atoms with Gasteiger partial charge in [-0.25, -0.2) is 13.8 Å². The fourth-order valence-corrected chi connectivity index (χ4v) is 1.88. The summed E-state index contributed by atoms with van der Waals surface area (Å²) in [6.07, 6.45) is 3.39. The maximum atomic E-state index is 13.8. The minimum absolute atomic E-state index is 0.280. The van der Waals surface area contributed by atoms with Gasteiger partial charge in [0.25, 0.3) is 0 Å². The van der Waals surface area contributed by atoms with Crippen LogP contribution in [-0.4, -0.2) is 14.8 Å². The summed E-state index contributed by atoms with van der Waals surface area (Å²) >= 11 is 0. The monoisotopic (exact) mass is 252 g/mol. The third-order valence-corrected chi connectivity index (χ3v) is 3.01. The fourth-order valence-electron chi connectivity index (χ4n) is 1.88. The number of halogens is 2. The number of nitrogens with zero attached hydrogens (tertiary/aromatic N) is 3. The van der Waals surface area contributed by atoms with Crippen molar-refractivity contribution in [1.29, 1.82) is 0 Å². The number of hydrogen-bond donors (Lipinski definition) is 1. The van der Waals surface area contributed by atoms with Gasteiger partial charge in [0.2, 0.25) is 0 Å². The van der Waals surface area contributed by atoms with E-state index in [1.807, 2.05) is 6.92 Å². The molecule has 1 aromatic carbocycles. The highest BCUT2D eigenvalue weighted by atomic mass is 19.1. The van der Waals surface area contributed by atoms with Crippen molar-refractivity contribution in [3.05, 3.63) is 48.1 Å². The van der Waals surface area contributed by atoms with Crippen LogP contribution in [0.25, 0.3) is 0 Å². The third kappa shape index (κ3) is 2.38. The molecule has 0 amide bonds. The van der Waals surface area contributed by atoms with Gasteiger partial charge in [-0.1, -0.05) is 13.0 Å². The summed E-state index contributed by atoms with van der Waals surface area (Å²) in [6.45, 7) is 2.13. The van der Waals surface area contributed by atoms with Gasteiger partial charge in [-0.2, -0.15) is 5.10 Å². The molecule has 96 valence electrons. The van der Waals surface area contributed by atoms with Crippen molar-refractivity contribution < 1.29 is 8.78 Å². The molecule has 2 aromatic rings. The van der Waals surface area contributed by atoms with Crippen LogP contribution < -0.4 is 5.73 Å². The number of aromatic nitrogens is 3. The van der Waals surface area contributed by atoms with Crippen LogP contribution in [0.3, 0.4) is 0 Å². The first-order chi connectivity index (χ1) is 8.55. The van der Waals surface area contributed by atoms with Gasteiger partial charge in [-0.3, -0.25) is 4.68 Å². The van der Waals surface area contributed by atoms with Gasteiger partial charge in [-0.15, -0.1) is 0 Å². The molecule has 0 radical (unpaired) electrons. The van der Waals surface area contributed by atoms with Crippen LogP contribution >= 0.6 is 0 Å². The smallest absolute Gasteiger partial charge is 0.137 e. The molecular formula is C12H14F2N4. The quantitative estimate of drug-likeness (QED) is 0.903. The topological polar surface area (TPSA) is 56.7 Å². The molecule has 2 N–H and O–H groups in total. The maximum Gasteiger partial charge on any atom is 0.137 e. The summed E-state index contributed by atoms with van der Waals surface area (Å²) in [5, 5.41) is 3.95. The first-order valence-corrected chi connectivity index (χ1v) is 5.62. The molecule has 0 aliphatic carbocycles. The Hall–Kier alpha value is -1.82. The van der Waals surface area contributed by atoms with E-state index in [1.165, 1.54) is 29.5 Å². The Bertz CT molecular complexity index is 527. The maximum absolute atomic E-state index is 13.8. The molecule has 4 nitrogen and oxygen atoms in total. The van der Waals surface area contributed by atoms with Crippen LogP contribution in [0.15, 0.2) is 30.9 Å². The van der Waals surface area contributed by atoms with Crippen molar-refractivity contribution in [3.8, 4) is 0 Å². The lowest BCUT2D eigenvalue weighted by atomic mass is 9.88. The molecule has 1 atom stereocenters. The van der Waals surface area contributed by atoms with Gasteiger partial charge >= 0.3 is 0 Å². The van der Waals surface area contributed by atoms with Crippen LogP contribution in [0.4, 0.5) is 8.78 Å². The van der Waals surface area contributed by atoms with E-state index in [1.54, 1.807) is 0 Å². The second-order valence-corrected chi connectivity index (χ2v) is 4.23. The normalized spacial score (nSPS) is 14.4.